The number of nitriles is 1. The summed E-state index contributed by atoms with van der Waals surface area (Å²) in [5, 5.41) is 18.9. The normalized spacial score (nSPS) is 18.1. The minimum Gasteiger partial charge on any atom is -0.392 e. The van der Waals surface area contributed by atoms with Gasteiger partial charge in [-0.3, -0.25) is 0 Å². The molecule has 2 aromatic carbocycles. The molecule has 1 heterocycles. The third kappa shape index (κ3) is 3.63. The quantitative estimate of drug-likeness (QED) is 0.854. The van der Waals surface area contributed by atoms with Crippen molar-refractivity contribution in [1.82, 2.24) is 4.31 Å². The van der Waals surface area contributed by atoms with Crippen LogP contribution in [0.5, 0.6) is 0 Å². The van der Waals surface area contributed by atoms with Crippen molar-refractivity contribution in [3.8, 4) is 6.07 Å². The summed E-state index contributed by atoms with van der Waals surface area (Å²) >= 11 is 0. The molecule has 1 aliphatic rings. The molecule has 0 radical (unpaired) electrons. The van der Waals surface area contributed by atoms with Crippen LogP contribution in [0.4, 0.5) is 5.69 Å². The van der Waals surface area contributed by atoms with Gasteiger partial charge in [-0.15, -0.1) is 0 Å². The van der Waals surface area contributed by atoms with Crippen molar-refractivity contribution in [3.05, 3.63) is 58.7 Å². The van der Waals surface area contributed by atoms with Gasteiger partial charge in [0.1, 0.15) is 6.07 Å². The van der Waals surface area contributed by atoms with Crippen LogP contribution in [0, 0.1) is 25.2 Å². The van der Waals surface area contributed by atoms with E-state index >= 15 is 0 Å². The highest BCUT2D eigenvalue weighted by atomic mass is 32.2. The van der Waals surface area contributed by atoms with Crippen LogP contribution in [-0.2, 0) is 16.6 Å². The van der Waals surface area contributed by atoms with E-state index in [1.807, 2.05) is 38.1 Å². The molecule has 0 amide bonds. The van der Waals surface area contributed by atoms with Crippen molar-refractivity contribution in [2.24, 2.45) is 0 Å². The lowest BCUT2D eigenvalue weighted by atomic mass is 10.1. The lowest BCUT2D eigenvalue weighted by Crippen LogP contribution is -2.54. The van der Waals surface area contributed by atoms with Crippen LogP contribution < -0.4 is 4.90 Å². The van der Waals surface area contributed by atoms with Crippen LogP contribution in [0.2, 0.25) is 0 Å². The zero-order valence-electron chi connectivity index (χ0n) is 16.4. The van der Waals surface area contributed by atoms with Crippen molar-refractivity contribution in [3.63, 3.8) is 0 Å². The first-order valence-corrected chi connectivity index (χ1v) is 10.7. The summed E-state index contributed by atoms with van der Waals surface area (Å²) in [5.74, 6) is 0. The Morgan fingerprint density at radius 2 is 1.89 bits per heavy atom. The number of para-hydroxylation sites is 1. The second kappa shape index (κ2) is 7.92. The minimum absolute atomic E-state index is 0.192. The van der Waals surface area contributed by atoms with Crippen LogP contribution in [-0.4, -0.2) is 43.5 Å². The lowest BCUT2D eigenvalue weighted by Gasteiger charge is -2.40. The fourth-order valence-electron chi connectivity index (χ4n) is 3.81. The van der Waals surface area contributed by atoms with Crippen LogP contribution in [0.25, 0.3) is 0 Å². The van der Waals surface area contributed by atoms with Crippen molar-refractivity contribution in [2.45, 2.75) is 38.3 Å². The van der Waals surface area contributed by atoms with E-state index in [0.717, 1.165) is 11.3 Å². The van der Waals surface area contributed by atoms with E-state index < -0.39 is 10.0 Å². The van der Waals surface area contributed by atoms with Gasteiger partial charge in [0, 0.05) is 25.7 Å². The number of aliphatic hydroxyl groups is 1. The molecule has 0 aromatic heterocycles. The summed E-state index contributed by atoms with van der Waals surface area (Å²) in [5.41, 5.74) is 3.61. The maximum atomic E-state index is 13.3. The molecule has 3 rings (SSSR count). The Kier molecular flexibility index (Phi) is 5.75. The average molecular weight is 400 g/mol. The molecule has 1 atom stereocenters. The van der Waals surface area contributed by atoms with Gasteiger partial charge in [0.15, 0.2) is 0 Å². The van der Waals surface area contributed by atoms with Gasteiger partial charge in [0.25, 0.3) is 0 Å². The first kappa shape index (κ1) is 20.3. The number of anilines is 1. The second-order valence-corrected chi connectivity index (χ2v) is 9.10. The summed E-state index contributed by atoms with van der Waals surface area (Å²) in [6, 6.07) is 12.7. The molecule has 0 unspecified atom stereocenters. The molecule has 0 spiro atoms. The minimum atomic E-state index is -3.68. The first-order chi connectivity index (χ1) is 13.3. The number of nitrogens with zero attached hydrogens (tertiary/aromatic N) is 3. The summed E-state index contributed by atoms with van der Waals surface area (Å²) in [6.45, 7) is 6.70. The smallest absolute Gasteiger partial charge is 0.243 e. The molecular formula is C21H25N3O3S. The predicted molar refractivity (Wildman–Crippen MR) is 109 cm³/mol. The van der Waals surface area contributed by atoms with Gasteiger partial charge in [-0.25, -0.2) is 8.42 Å². The van der Waals surface area contributed by atoms with Crippen molar-refractivity contribution in [1.29, 1.82) is 5.26 Å². The fourth-order valence-corrected chi connectivity index (χ4v) is 5.68. The number of hydrogen-bond donors (Lipinski definition) is 1. The lowest BCUT2D eigenvalue weighted by molar-refractivity contribution is 0.280. The van der Waals surface area contributed by atoms with Gasteiger partial charge in [-0.05, 0) is 55.7 Å². The molecule has 1 fully saturated rings. The zero-order chi connectivity index (χ0) is 20.5. The molecule has 2 aromatic rings. The highest BCUT2D eigenvalue weighted by Gasteiger charge is 2.35. The molecule has 148 valence electrons. The Bertz CT molecular complexity index is 1030. The highest BCUT2D eigenvalue weighted by molar-refractivity contribution is 7.89. The van der Waals surface area contributed by atoms with Gasteiger partial charge in [0.2, 0.25) is 10.0 Å². The third-order valence-corrected chi connectivity index (χ3v) is 7.48. The Hall–Kier alpha value is -2.40. The van der Waals surface area contributed by atoms with Gasteiger partial charge < -0.3 is 10.0 Å². The van der Waals surface area contributed by atoms with E-state index in [-0.39, 0.29) is 17.5 Å². The van der Waals surface area contributed by atoms with Gasteiger partial charge in [-0.2, -0.15) is 9.57 Å². The number of sulfonamides is 1. The molecule has 1 aliphatic heterocycles. The molecule has 0 bridgehead atoms. The Morgan fingerprint density at radius 3 is 2.54 bits per heavy atom. The van der Waals surface area contributed by atoms with E-state index in [2.05, 4.69) is 11.0 Å². The average Bonchev–Trinajstić information content (AvgIpc) is 2.67. The number of rotatable bonds is 4. The number of aliphatic hydroxyl groups excluding tert-OH is 1. The van der Waals surface area contributed by atoms with Crippen LogP contribution in [0.3, 0.4) is 0 Å². The molecule has 1 N–H and O–H groups in total. The molecule has 0 aliphatic carbocycles. The zero-order valence-corrected chi connectivity index (χ0v) is 17.2. The van der Waals surface area contributed by atoms with Crippen molar-refractivity contribution >= 4 is 15.7 Å². The van der Waals surface area contributed by atoms with E-state index in [0.29, 0.717) is 36.3 Å². The molecule has 7 heteroatoms. The molecule has 0 saturated carbocycles. The fraction of sp³-hybridized carbons (Fsp3) is 0.381. The number of benzene rings is 2. The van der Waals surface area contributed by atoms with Crippen molar-refractivity contribution < 1.29 is 13.5 Å². The first-order valence-electron chi connectivity index (χ1n) is 9.26. The summed E-state index contributed by atoms with van der Waals surface area (Å²) in [4.78, 5) is 2.32. The van der Waals surface area contributed by atoms with Crippen LogP contribution >= 0.6 is 0 Å². The summed E-state index contributed by atoms with van der Waals surface area (Å²) in [7, 11) is -3.68. The maximum Gasteiger partial charge on any atom is 0.243 e. The topological polar surface area (TPSA) is 84.6 Å². The molecule has 28 heavy (non-hydrogen) atoms. The maximum absolute atomic E-state index is 13.3. The highest BCUT2D eigenvalue weighted by Crippen LogP contribution is 2.29. The number of piperazine rings is 1. The third-order valence-electron chi connectivity index (χ3n) is 5.32. The van der Waals surface area contributed by atoms with Gasteiger partial charge >= 0.3 is 0 Å². The van der Waals surface area contributed by atoms with Gasteiger partial charge in [0.05, 0.1) is 22.8 Å². The van der Waals surface area contributed by atoms with E-state index in [4.69, 9.17) is 0 Å². The largest absolute Gasteiger partial charge is 0.392 e. The van der Waals surface area contributed by atoms with Gasteiger partial charge in [-0.1, -0.05) is 18.2 Å². The van der Waals surface area contributed by atoms with E-state index in [1.54, 1.807) is 19.1 Å². The standard InChI is InChI=1S/C21H25N3O3S/c1-15-10-16(2)21(11-19(15)14-25)28(26,27)24-9-8-23(13-17(24)3)20-7-5-4-6-18(20)12-22/h4-7,10-11,17,25H,8-9,13-14H2,1-3H3/t17-/m0/s1. The predicted octanol–water partition coefficient (Wildman–Crippen LogP) is 2.57. The number of hydrogen-bond acceptors (Lipinski definition) is 5. The molecule has 6 nitrogen and oxygen atoms in total. The SMILES string of the molecule is Cc1cc(C)c(S(=O)(=O)N2CCN(c3ccccc3C#N)C[C@@H]2C)cc1CO. The van der Waals surface area contributed by atoms with E-state index in [1.165, 1.54) is 4.31 Å². The second-order valence-electron chi connectivity index (χ2n) is 7.24. The van der Waals surface area contributed by atoms with Crippen LogP contribution in [0.1, 0.15) is 29.2 Å². The monoisotopic (exact) mass is 399 g/mol. The molecular weight excluding hydrogens is 374 g/mol. The molecule has 1 saturated heterocycles. The van der Waals surface area contributed by atoms with Crippen LogP contribution in [0.15, 0.2) is 41.3 Å². The number of aryl methyl sites for hydroxylation is 2. The summed E-state index contributed by atoms with van der Waals surface area (Å²) < 4.78 is 28.2. The Labute approximate surface area is 166 Å². The van der Waals surface area contributed by atoms with E-state index in [9.17, 15) is 18.8 Å². The Balaban J connectivity index is 1.89. The Morgan fingerprint density at radius 1 is 1.18 bits per heavy atom. The summed E-state index contributed by atoms with van der Waals surface area (Å²) in [6.07, 6.45) is 0. The van der Waals surface area contributed by atoms with Crippen molar-refractivity contribution in [2.75, 3.05) is 24.5 Å².